The summed E-state index contributed by atoms with van der Waals surface area (Å²) in [5.41, 5.74) is 1.79. The zero-order chi connectivity index (χ0) is 17.0. The fourth-order valence-electron chi connectivity index (χ4n) is 3.56. The van der Waals surface area contributed by atoms with E-state index in [0.717, 1.165) is 37.4 Å². The van der Waals surface area contributed by atoms with Crippen molar-refractivity contribution in [2.24, 2.45) is 5.92 Å². The van der Waals surface area contributed by atoms with Gasteiger partial charge in [-0.05, 0) is 42.5 Å². The van der Waals surface area contributed by atoms with Gasteiger partial charge in [-0.2, -0.15) is 0 Å². The number of nitrogens with zero attached hydrogens (tertiary/aromatic N) is 1. The summed E-state index contributed by atoms with van der Waals surface area (Å²) in [7, 11) is 1.69. The molecule has 0 amide bonds. The minimum atomic E-state index is -0.595. The molecular weight excluding hydrogens is 302 g/mol. The summed E-state index contributed by atoms with van der Waals surface area (Å²) < 4.78 is 10.6. The van der Waals surface area contributed by atoms with Gasteiger partial charge in [-0.1, -0.05) is 25.1 Å². The molecule has 2 aromatic rings. The number of hydrogen-bond acceptors (Lipinski definition) is 4. The van der Waals surface area contributed by atoms with Crippen LogP contribution in [0.4, 0.5) is 0 Å². The molecule has 1 aliphatic heterocycles. The van der Waals surface area contributed by atoms with Crippen molar-refractivity contribution < 1.29 is 14.3 Å². The Morgan fingerprint density at radius 1 is 1.33 bits per heavy atom. The number of likely N-dealkylation sites (tertiary alicyclic amines) is 1. The van der Waals surface area contributed by atoms with Crippen LogP contribution in [0.2, 0.25) is 0 Å². The topological polar surface area (TPSA) is 45.8 Å². The number of benzene rings is 1. The lowest BCUT2D eigenvalue weighted by Crippen LogP contribution is -2.51. The van der Waals surface area contributed by atoms with Gasteiger partial charge in [-0.25, -0.2) is 0 Å². The molecule has 130 valence electrons. The maximum absolute atomic E-state index is 10.8. The van der Waals surface area contributed by atoms with Gasteiger partial charge in [-0.15, -0.1) is 0 Å². The first kappa shape index (κ1) is 17.2. The Morgan fingerprint density at radius 2 is 2.21 bits per heavy atom. The predicted octanol–water partition coefficient (Wildman–Crippen LogP) is 3.56. The SMILES string of the molecule is COCC[C@@]1(O)CCN(Cc2cccc(-c3ccco3)c2)C[C@@H]1C. The lowest BCUT2D eigenvalue weighted by atomic mass is 9.80. The highest BCUT2D eigenvalue weighted by Crippen LogP contribution is 2.32. The third-order valence-corrected chi connectivity index (χ3v) is 5.19. The Morgan fingerprint density at radius 3 is 2.92 bits per heavy atom. The van der Waals surface area contributed by atoms with Crippen molar-refractivity contribution in [1.29, 1.82) is 0 Å². The molecule has 0 radical (unpaired) electrons. The standard InChI is InChI=1S/C20H27NO3/c1-16-14-21(10-8-20(16,22)9-12-23-2)15-17-5-3-6-18(13-17)19-7-4-11-24-19/h3-7,11,13,16,22H,8-10,12,14-15H2,1-2H3/t16-,20-/m0/s1. The third kappa shape index (κ3) is 3.89. The monoisotopic (exact) mass is 329 g/mol. The average molecular weight is 329 g/mol. The minimum Gasteiger partial charge on any atom is -0.464 e. The smallest absolute Gasteiger partial charge is 0.133 e. The first-order valence-electron chi connectivity index (χ1n) is 8.67. The largest absolute Gasteiger partial charge is 0.464 e. The van der Waals surface area contributed by atoms with E-state index in [9.17, 15) is 5.11 Å². The van der Waals surface area contributed by atoms with Crippen LogP contribution in [0.5, 0.6) is 0 Å². The molecule has 0 spiro atoms. The second-order valence-electron chi connectivity index (χ2n) is 6.91. The summed E-state index contributed by atoms with van der Waals surface area (Å²) in [5.74, 6) is 1.15. The zero-order valence-corrected chi connectivity index (χ0v) is 14.6. The minimum absolute atomic E-state index is 0.245. The number of hydrogen-bond donors (Lipinski definition) is 1. The molecule has 2 heterocycles. The number of ether oxygens (including phenoxy) is 1. The maximum atomic E-state index is 10.8. The van der Waals surface area contributed by atoms with Crippen LogP contribution >= 0.6 is 0 Å². The highest BCUT2D eigenvalue weighted by Gasteiger charge is 2.38. The Bertz CT molecular complexity index is 640. The van der Waals surface area contributed by atoms with Crippen molar-refractivity contribution in [2.75, 3.05) is 26.8 Å². The van der Waals surface area contributed by atoms with Gasteiger partial charge in [0.15, 0.2) is 0 Å². The van der Waals surface area contributed by atoms with Gasteiger partial charge >= 0.3 is 0 Å². The van der Waals surface area contributed by atoms with Crippen LogP contribution in [0.1, 0.15) is 25.3 Å². The van der Waals surface area contributed by atoms with Crippen LogP contribution < -0.4 is 0 Å². The van der Waals surface area contributed by atoms with Crippen LogP contribution in [0, 0.1) is 5.92 Å². The van der Waals surface area contributed by atoms with E-state index in [-0.39, 0.29) is 5.92 Å². The van der Waals surface area contributed by atoms with Crippen molar-refractivity contribution in [3.05, 3.63) is 48.2 Å². The van der Waals surface area contributed by atoms with E-state index in [1.54, 1.807) is 13.4 Å². The molecule has 1 aliphatic rings. The molecule has 1 aromatic carbocycles. The van der Waals surface area contributed by atoms with E-state index in [0.29, 0.717) is 13.0 Å². The Hall–Kier alpha value is -1.62. The summed E-state index contributed by atoms with van der Waals surface area (Å²) in [4.78, 5) is 2.42. The Balaban J connectivity index is 1.63. The van der Waals surface area contributed by atoms with Gasteiger partial charge in [0.1, 0.15) is 5.76 Å². The molecule has 24 heavy (non-hydrogen) atoms. The molecule has 4 nitrogen and oxygen atoms in total. The highest BCUT2D eigenvalue weighted by molar-refractivity contribution is 5.58. The number of piperidine rings is 1. The van der Waals surface area contributed by atoms with Crippen LogP contribution in [-0.4, -0.2) is 42.4 Å². The Kier molecular flexibility index (Phi) is 5.39. The maximum Gasteiger partial charge on any atom is 0.133 e. The molecule has 1 aromatic heterocycles. The molecule has 1 saturated heterocycles. The highest BCUT2D eigenvalue weighted by atomic mass is 16.5. The van der Waals surface area contributed by atoms with Crippen LogP contribution in [-0.2, 0) is 11.3 Å². The van der Waals surface area contributed by atoms with Crippen LogP contribution in [0.15, 0.2) is 47.1 Å². The molecule has 0 aliphatic carbocycles. The number of methoxy groups -OCH3 is 1. The molecule has 0 bridgehead atoms. The van der Waals surface area contributed by atoms with Gasteiger partial charge in [-0.3, -0.25) is 4.90 Å². The summed E-state index contributed by atoms with van der Waals surface area (Å²) in [5, 5.41) is 10.8. The van der Waals surface area contributed by atoms with E-state index in [4.69, 9.17) is 9.15 Å². The van der Waals surface area contributed by atoms with Crippen molar-refractivity contribution in [1.82, 2.24) is 4.90 Å². The van der Waals surface area contributed by atoms with Crippen molar-refractivity contribution in [3.8, 4) is 11.3 Å². The van der Waals surface area contributed by atoms with Gasteiger partial charge in [0.25, 0.3) is 0 Å². The van der Waals surface area contributed by atoms with Gasteiger partial charge in [0.2, 0.25) is 0 Å². The normalized spacial score (nSPS) is 25.0. The molecule has 0 unspecified atom stereocenters. The van der Waals surface area contributed by atoms with Gasteiger partial charge < -0.3 is 14.3 Å². The van der Waals surface area contributed by atoms with Crippen molar-refractivity contribution in [3.63, 3.8) is 0 Å². The van der Waals surface area contributed by atoms with Gasteiger partial charge in [0.05, 0.1) is 11.9 Å². The fourth-order valence-corrected chi connectivity index (χ4v) is 3.56. The molecule has 1 N–H and O–H groups in total. The number of aliphatic hydroxyl groups is 1. The quantitative estimate of drug-likeness (QED) is 0.880. The Labute approximate surface area is 144 Å². The lowest BCUT2D eigenvalue weighted by Gasteiger charge is -2.43. The molecule has 4 heteroatoms. The molecular formula is C20H27NO3. The van der Waals surface area contributed by atoms with Gasteiger partial charge in [0, 0.05) is 38.9 Å². The molecule has 2 atom stereocenters. The second-order valence-corrected chi connectivity index (χ2v) is 6.91. The molecule has 0 saturated carbocycles. The summed E-state index contributed by atoms with van der Waals surface area (Å²) in [6.07, 6.45) is 3.22. The third-order valence-electron chi connectivity index (χ3n) is 5.19. The van der Waals surface area contributed by atoms with Crippen LogP contribution in [0.3, 0.4) is 0 Å². The van der Waals surface area contributed by atoms with Crippen molar-refractivity contribution in [2.45, 2.75) is 31.9 Å². The van der Waals surface area contributed by atoms with E-state index in [1.165, 1.54) is 5.56 Å². The van der Waals surface area contributed by atoms with Crippen LogP contribution in [0.25, 0.3) is 11.3 Å². The second kappa shape index (κ2) is 7.51. The zero-order valence-electron chi connectivity index (χ0n) is 14.6. The predicted molar refractivity (Wildman–Crippen MR) is 94.6 cm³/mol. The first-order chi connectivity index (χ1) is 11.6. The lowest BCUT2D eigenvalue weighted by molar-refractivity contribution is -0.0827. The number of rotatable bonds is 6. The first-order valence-corrected chi connectivity index (χ1v) is 8.67. The van der Waals surface area contributed by atoms with Crippen molar-refractivity contribution >= 4 is 0 Å². The summed E-state index contributed by atoms with van der Waals surface area (Å²) >= 11 is 0. The summed E-state index contributed by atoms with van der Waals surface area (Å²) in [6.45, 7) is 5.48. The summed E-state index contributed by atoms with van der Waals surface area (Å²) in [6, 6.07) is 12.4. The molecule has 1 fully saturated rings. The van der Waals surface area contributed by atoms with E-state index < -0.39 is 5.60 Å². The van der Waals surface area contributed by atoms with E-state index >= 15 is 0 Å². The average Bonchev–Trinajstić information content (AvgIpc) is 3.12. The van der Waals surface area contributed by atoms with E-state index in [1.807, 2.05) is 12.1 Å². The molecule has 3 rings (SSSR count). The fraction of sp³-hybridized carbons (Fsp3) is 0.500. The van der Waals surface area contributed by atoms with E-state index in [2.05, 4.69) is 36.1 Å². The number of furan rings is 1.